The predicted octanol–water partition coefficient (Wildman–Crippen LogP) is 3.50. The SMILES string of the molecule is O=C(NC[C@H](c1ccco1)N1CCCC1)c1cc(-c2ccccc2)on1. The summed E-state index contributed by atoms with van der Waals surface area (Å²) in [6.45, 7) is 2.51. The number of nitrogens with one attached hydrogen (secondary N) is 1. The first-order chi connectivity index (χ1) is 12.8. The maximum absolute atomic E-state index is 12.5. The normalized spacial score (nSPS) is 15.8. The van der Waals surface area contributed by atoms with E-state index in [2.05, 4.69) is 15.4 Å². The molecular weight excluding hydrogens is 330 g/mol. The van der Waals surface area contributed by atoms with Crippen LogP contribution in [0.2, 0.25) is 0 Å². The van der Waals surface area contributed by atoms with Crippen LogP contribution in [0.4, 0.5) is 0 Å². The van der Waals surface area contributed by atoms with Gasteiger partial charge in [0.2, 0.25) is 0 Å². The number of rotatable bonds is 6. The highest BCUT2D eigenvalue weighted by Crippen LogP contribution is 2.25. The summed E-state index contributed by atoms with van der Waals surface area (Å²) in [5, 5.41) is 6.87. The third-order valence-electron chi connectivity index (χ3n) is 4.71. The molecule has 0 aliphatic carbocycles. The van der Waals surface area contributed by atoms with Crippen LogP contribution in [-0.2, 0) is 0 Å². The molecule has 134 valence electrons. The fourth-order valence-electron chi connectivity index (χ4n) is 3.34. The molecule has 0 bridgehead atoms. The van der Waals surface area contributed by atoms with Gasteiger partial charge in [0.1, 0.15) is 5.76 Å². The molecule has 4 rings (SSSR count). The van der Waals surface area contributed by atoms with Gasteiger partial charge in [0.15, 0.2) is 11.5 Å². The minimum atomic E-state index is -0.244. The number of likely N-dealkylation sites (tertiary alicyclic amines) is 1. The molecule has 3 heterocycles. The van der Waals surface area contributed by atoms with Gasteiger partial charge in [0, 0.05) is 18.2 Å². The molecule has 6 heteroatoms. The molecule has 1 atom stereocenters. The number of amides is 1. The zero-order chi connectivity index (χ0) is 17.8. The minimum Gasteiger partial charge on any atom is -0.468 e. The molecule has 1 aromatic carbocycles. The molecule has 3 aromatic rings. The van der Waals surface area contributed by atoms with E-state index < -0.39 is 0 Å². The van der Waals surface area contributed by atoms with Crippen molar-refractivity contribution in [2.75, 3.05) is 19.6 Å². The number of aromatic nitrogens is 1. The van der Waals surface area contributed by atoms with Crippen LogP contribution in [0.1, 0.15) is 35.1 Å². The van der Waals surface area contributed by atoms with Gasteiger partial charge in [-0.15, -0.1) is 0 Å². The average molecular weight is 351 g/mol. The molecule has 0 spiro atoms. The van der Waals surface area contributed by atoms with E-state index in [0.29, 0.717) is 12.3 Å². The molecule has 1 fully saturated rings. The van der Waals surface area contributed by atoms with Crippen LogP contribution in [0.5, 0.6) is 0 Å². The first kappa shape index (κ1) is 16.6. The van der Waals surface area contributed by atoms with Crippen molar-refractivity contribution >= 4 is 5.91 Å². The fraction of sp³-hybridized carbons (Fsp3) is 0.300. The second-order valence-electron chi connectivity index (χ2n) is 6.43. The van der Waals surface area contributed by atoms with Crippen LogP contribution >= 0.6 is 0 Å². The third-order valence-corrected chi connectivity index (χ3v) is 4.71. The number of carbonyl (C=O) groups is 1. The van der Waals surface area contributed by atoms with E-state index in [-0.39, 0.29) is 17.6 Å². The molecule has 1 aliphatic heterocycles. The number of nitrogens with zero attached hydrogens (tertiary/aromatic N) is 2. The summed E-state index contributed by atoms with van der Waals surface area (Å²) in [6.07, 6.45) is 4.02. The van der Waals surface area contributed by atoms with Crippen molar-refractivity contribution in [2.45, 2.75) is 18.9 Å². The molecule has 0 unspecified atom stereocenters. The van der Waals surface area contributed by atoms with Crippen LogP contribution in [0.25, 0.3) is 11.3 Å². The Hall–Kier alpha value is -2.86. The Labute approximate surface area is 151 Å². The summed E-state index contributed by atoms with van der Waals surface area (Å²) in [6, 6.07) is 15.1. The van der Waals surface area contributed by atoms with Crippen molar-refractivity contribution < 1.29 is 13.7 Å². The Balaban J connectivity index is 1.43. The molecule has 1 amide bonds. The number of furan rings is 1. The summed E-state index contributed by atoms with van der Waals surface area (Å²) >= 11 is 0. The maximum Gasteiger partial charge on any atom is 0.273 e. The van der Waals surface area contributed by atoms with Gasteiger partial charge in [-0.25, -0.2) is 0 Å². The second-order valence-corrected chi connectivity index (χ2v) is 6.43. The van der Waals surface area contributed by atoms with Gasteiger partial charge in [0.05, 0.1) is 12.3 Å². The van der Waals surface area contributed by atoms with Crippen molar-refractivity contribution in [3.05, 3.63) is 66.2 Å². The molecule has 1 N–H and O–H groups in total. The average Bonchev–Trinajstić information content (AvgIpc) is 3.44. The monoisotopic (exact) mass is 351 g/mol. The number of hydrogen-bond donors (Lipinski definition) is 1. The lowest BCUT2D eigenvalue weighted by molar-refractivity contribution is 0.0925. The van der Waals surface area contributed by atoms with Crippen LogP contribution in [-0.4, -0.2) is 35.6 Å². The second kappa shape index (κ2) is 7.58. The van der Waals surface area contributed by atoms with Crippen LogP contribution < -0.4 is 5.32 Å². The van der Waals surface area contributed by atoms with Crippen molar-refractivity contribution in [1.29, 1.82) is 0 Å². The van der Waals surface area contributed by atoms with E-state index in [1.165, 1.54) is 12.8 Å². The zero-order valence-corrected chi connectivity index (χ0v) is 14.4. The Morgan fingerprint density at radius 2 is 1.96 bits per heavy atom. The molecule has 0 saturated carbocycles. The largest absolute Gasteiger partial charge is 0.468 e. The highest BCUT2D eigenvalue weighted by atomic mass is 16.5. The van der Waals surface area contributed by atoms with E-state index in [1.54, 1.807) is 12.3 Å². The molecule has 26 heavy (non-hydrogen) atoms. The first-order valence-corrected chi connectivity index (χ1v) is 8.89. The smallest absolute Gasteiger partial charge is 0.273 e. The van der Waals surface area contributed by atoms with Crippen molar-refractivity contribution in [3.8, 4) is 11.3 Å². The maximum atomic E-state index is 12.5. The summed E-state index contributed by atoms with van der Waals surface area (Å²) < 4.78 is 10.9. The summed E-state index contributed by atoms with van der Waals surface area (Å²) in [4.78, 5) is 14.8. The van der Waals surface area contributed by atoms with Gasteiger partial charge in [-0.2, -0.15) is 0 Å². The number of hydrogen-bond acceptors (Lipinski definition) is 5. The lowest BCUT2D eigenvalue weighted by atomic mass is 10.1. The van der Waals surface area contributed by atoms with Gasteiger partial charge < -0.3 is 14.3 Å². The van der Waals surface area contributed by atoms with Gasteiger partial charge >= 0.3 is 0 Å². The van der Waals surface area contributed by atoms with E-state index in [0.717, 1.165) is 24.4 Å². The van der Waals surface area contributed by atoms with E-state index in [9.17, 15) is 4.79 Å². The standard InChI is InChI=1S/C20H21N3O3/c24-20(16-13-19(26-22-16)15-7-2-1-3-8-15)21-14-17(18-9-6-12-25-18)23-10-4-5-11-23/h1-3,6-9,12-13,17H,4-5,10-11,14H2,(H,21,24)/t17-/m1/s1. The molecule has 1 aliphatic rings. The molecule has 2 aromatic heterocycles. The number of benzene rings is 1. The van der Waals surface area contributed by atoms with Crippen LogP contribution in [0, 0.1) is 0 Å². The van der Waals surface area contributed by atoms with Gasteiger partial charge in [-0.05, 0) is 38.1 Å². The van der Waals surface area contributed by atoms with E-state index >= 15 is 0 Å². The van der Waals surface area contributed by atoms with E-state index in [1.807, 2.05) is 42.5 Å². The minimum absolute atomic E-state index is 0.0388. The lowest BCUT2D eigenvalue weighted by Crippen LogP contribution is -2.36. The molecular formula is C20H21N3O3. The zero-order valence-electron chi connectivity index (χ0n) is 14.4. The number of carbonyl (C=O) groups excluding carboxylic acids is 1. The quantitative estimate of drug-likeness (QED) is 0.736. The van der Waals surface area contributed by atoms with Crippen molar-refractivity contribution in [2.24, 2.45) is 0 Å². The fourth-order valence-corrected chi connectivity index (χ4v) is 3.34. The Morgan fingerprint density at radius 1 is 1.15 bits per heavy atom. The Bertz CT molecular complexity index is 836. The van der Waals surface area contributed by atoms with Gasteiger partial charge in [0.25, 0.3) is 5.91 Å². The van der Waals surface area contributed by atoms with Crippen molar-refractivity contribution in [1.82, 2.24) is 15.4 Å². The van der Waals surface area contributed by atoms with Gasteiger partial charge in [-0.3, -0.25) is 9.69 Å². The van der Waals surface area contributed by atoms with Crippen molar-refractivity contribution in [3.63, 3.8) is 0 Å². The molecule has 1 saturated heterocycles. The summed E-state index contributed by atoms with van der Waals surface area (Å²) in [7, 11) is 0. The third kappa shape index (κ3) is 3.55. The van der Waals surface area contributed by atoms with Crippen LogP contribution in [0.15, 0.2) is 63.7 Å². The van der Waals surface area contributed by atoms with E-state index in [4.69, 9.17) is 8.94 Å². The Morgan fingerprint density at radius 3 is 2.69 bits per heavy atom. The summed E-state index contributed by atoms with van der Waals surface area (Å²) in [5.41, 5.74) is 1.17. The topological polar surface area (TPSA) is 71.5 Å². The highest BCUT2D eigenvalue weighted by molar-refractivity contribution is 5.93. The molecule has 6 nitrogen and oxygen atoms in total. The van der Waals surface area contributed by atoms with Gasteiger partial charge in [-0.1, -0.05) is 35.5 Å². The predicted molar refractivity (Wildman–Crippen MR) is 96.5 cm³/mol. The molecule has 0 radical (unpaired) electrons. The first-order valence-electron chi connectivity index (χ1n) is 8.89. The van der Waals surface area contributed by atoms with Crippen LogP contribution in [0.3, 0.4) is 0 Å². The lowest BCUT2D eigenvalue weighted by Gasteiger charge is -2.25. The Kier molecular flexibility index (Phi) is 4.84. The summed E-state index contributed by atoms with van der Waals surface area (Å²) in [5.74, 6) is 1.21. The highest BCUT2D eigenvalue weighted by Gasteiger charge is 2.26.